The second kappa shape index (κ2) is 8.83. The molecule has 0 saturated carbocycles. The van der Waals surface area contributed by atoms with Crippen molar-refractivity contribution in [1.82, 2.24) is 25.6 Å². The van der Waals surface area contributed by atoms with E-state index in [0.717, 1.165) is 36.4 Å². The lowest BCUT2D eigenvalue weighted by Crippen LogP contribution is -2.13. The Labute approximate surface area is 221 Å². The van der Waals surface area contributed by atoms with Crippen LogP contribution in [0.25, 0.3) is 55.0 Å². The molecule has 8 rings (SSSR count). The van der Waals surface area contributed by atoms with Gasteiger partial charge in [-0.1, -0.05) is 42.5 Å². The van der Waals surface area contributed by atoms with Crippen LogP contribution in [0.1, 0.15) is 49.3 Å². The maximum absolute atomic E-state index is 4.83. The van der Waals surface area contributed by atoms with Gasteiger partial charge >= 0.3 is 0 Å². The standard InChI is InChI=1S/C33H31N5/c1-3-27(34-13-1)31-19-26-10-9-24(17-30(26)36-31)22-7-5-21-16-23(8-6-20(21)15-22)25-11-12-28-32(18-25)38-33(37-28)29-4-2-14-35-29/h5-12,15-19,27,29,34-36H,1-4,13-14H2,(H,37,38)/t27-,29-/m0/s1. The minimum Gasteiger partial charge on any atom is -0.357 e. The summed E-state index contributed by atoms with van der Waals surface area (Å²) in [6.07, 6.45) is 4.82. The molecule has 4 heterocycles. The van der Waals surface area contributed by atoms with Gasteiger partial charge in [0.15, 0.2) is 0 Å². The van der Waals surface area contributed by atoms with Gasteiger partial charge in [-0.15, -0.1) is 0 Å². The molecular weight excluding hydrogens is 466 g/mol. The molecule has 2 fully saturated rings. The summed E-state index contributed by atoms with van der Waals surface area (Å²) in [5.41, 5.74) is 9.58. The zero-order valence-corrected chi connectivity index (χ0v) is 21.4. The van der Waals surface area contributed by atoms with Crippen LogP contribution in [0.5, 0.6) is 0 Å². The van der Waals surface area contributed by atoms with Crippen LogP contribution in [0.4, 0.5) is 0 Å². The Balaban J connectivity index is 1.10. The quantitative estimate of drug-likeness (QED) is 0.205. The summed E-state index contributed by atoms with van der Waals surface area (Å²) in [5.74, 6) is 1.06. The van der Waals surface area contributed by atoms with Crippen LogP contribution in [0.3, 0.4) is 0 Å². The number of H-pyrrole nitrogens is 2. The van der Waals surface area contributed by atoms with Crippen molar-refractivity contribution in [2.24, 2.45) is 0 Å². The lowest BCUT2D eigenvalue weighted by Gasteiger charge is -2.08. The van der Waals surface area contributed by atoms with E-state index in [2.05, 4.69) is 99.5 Å². The molecule has 4 N–H and O–H groups in total. The van der Waals surface area contributed by atoms with Gasteiger partial charge < -0.3 is 20.6 Å². The highest BCUT2D eigenvalue weighted by Gasteiger charge is 2.20. The SMILES string of the molecule is c1cc2cc(-c3ccc4nc([C@@H]5CCCN5)[nH]c4c3)ccc2cc1-c1ccc2cc([C@@H]3CCCN3)[nH]c2c1. The number of aromatic nitrogens is 3. The average molecular weight is 498 g/mol. The fourth-order valence-corrected chi connectivity index (χ4v) is 6.36. The van der Waals surface area contributed by atoms with E-state index in [1.165, 1.54) is 68.9 Å². The third-order valence-corrected chi connectivity index (χ3v) is 8.48. The first kappa shape index (κ1) is 22.1. The van der Waals surface area contributed by atoms with E-state index in [1.807, 2.05) is 0 Å². The van der Waals surface area contributed by atoms with Crippen molar-refractivity contribution in [1.29, 1.82) is 0 Å². The molecule has 2 saturated heterocycles. The van der Waals surface area contributed by atoms with Crippen LogP contribution in [0, 0.1) is 0 Å². The predicted molar refractivity (Wildman–Crippen MR) is 156 cm³/mol. The molecule has 0 spiro atoms. The lowest BCUT2D eigenvalue weighted by molar-refractivity contribution is 0.614. The van der Waals surface area contributed by atoms with Crippen LogP contribution in [-0.4, -0.2) is 28.0 Å². The van der Waals surface area contributed by atoms with Gasteiger partial charge in [-0.05, 0) is 114 Å². The molecule has 4 aromatic carbocycles. The predicted octanol–water partition coefficient (Wildman–Crippen LogP) is 7.38. The molecule has 38 heavy (non-hydrogen) atoms. The Bertz CT molecular complexity index is 1660. The van der Waals surface area contributed by atoms with Crippen LogP contribution < -0.4 is 10.6 Å². The largest absolute Gasteiger partial charge is 0.357 e. The van der Waals surface area contributed by atoms with Gasteiger partial charge in [-0.2, -0.15) is 0 Å². The van der Waals surface area contributed by atoms with Crippen LogP contribution in [0.2, 0.25) is 0 Å². The topological polar surface area (TPSA) is 68.5 Å². The molecule has 5 heteroatoms. The van der Waals surface area contributed by atoms with Gasteiger partial charge in [-0.25, -0.2) is 4.98 Å². The maximum Gasteiger partial charge on any atom is 0.124 e. The van der Waals surface area contributed by atoms with E-state index in [9.17, 15) is 0 Å². The molecule has 2 aliphatic heterocycles. The Morgan fingerprint density at radius 1 is 0.553 bits per heavy atom. The lowest BCUT2D eigenvalue weighted by atomic mass is 9.97. The highest BCUT2D eigenvalue weighted by Crippen LogP contribution is 2.33. The fraction of sp³-hybridized carbons (Fsp3) is 0.242. The third-order valence-electron chi connectivity index (χ3n) is 8.48. The van der Waals surface area contributed by atoms with E-state index in [0.29, 0.717) is 12.1 Å². The van der Waals surface area contributed by atoms with Gasteiger partial charge in [0.1, 0.15) is 5.82 Å². The minimum atomic E-state index is 0.352. The number of aromatic amines is 2. The molecule has 5 nitrogen and oxygen atoms in total. The van der Waals surface area contributed by atoms with Gasteiger partial charge in [0.05, 0.1) is 17.1 Å². The monoisotopic (exact) mass is 497 g/mol. The second-order valence-corrected chi connectivity index (χ2v) is 11.0. The van der Waals surface area contributed by atoms with Crippen molar-refractivity contribution in [3.63, 3.8) is 0 Å². The van der Waals surface area contributed by atoms with Crippen LogP contribution in [0.15, 0.2) is 78.9 Å². The van der Waals surface area contributed by atoms with Gasteiger partial charge in [0.25, 0.3) is 0 Å². The Hall–Kier alpha value is -3.93. The molecule has 2 atom stereocenters. The average Bonchev–Trinajstić information content (AvgIpc) is 3.77. The summed E-state index contributed by atoms with van der Waals surface area (Å²) in [7, 11) is 0. The first-order chi connectivity index (χ1) is 18.8. The number of imidazole rings is 1. The molecule has 0 amide bonds. The molecule has 6 aromatic rings. The van der Waals surface area contributed by atoms with Gasteiger partial charge in [0.2, 0.25) is 0 Å². The molecule has 2 aliphatic rings. The third kappa shape index (κ3) is 3.82. The molecule has 0 aliphatic carbocycles. The van der Waals surface area contributed by atoms with E-state index < -0.39 is 0 Å². The minimum absolute atomic E-state index is 0.352. The summed E-state index contributed by atoms with van der Waals surface area (Å²) in [4.78, 5) is 12.1. The fourth-order valence-electron chi connectivity index (χ4n) is 6.36. The first-order valence-electron chi connectivity index (χ1n) is 13.9. The Morgan fingerprint density at radius 2 is 1.16 bits per heavy atom. The molecule has 0 unspecified atom stereocenters. The Kier molecular flexibility index (Phi) is 5.13. The number of hydrogen-bond acceptors (Lipinski definition) is 3. The second-order valence-electron chi connectivity index (χ2n) is 11.0. The van der Waals surface area contributed by atoms with E-state index in [1.54, 1.807) is 0 Å². The molecule has 0 radical (unpaired) electrons. The normalized spacial score (nSPS) is 19.8. The highest BCUT2D eigenvalue weighted by molar-refractivity contribution is 5.93. The van der Waals surface area contributed by atoms with Gasteiger partial charge in [-0.3, -0.25) is 0 Å². The highest BCUT2D eigenvalue weighted by atomic mass is 15.0. The Morgan fingerprint density at radius 3 is 1.84 bits per heavy atom. The summed E-state index contributed by atoms with van der Waals surface area (Å²) in [6.45, 7) is 2.19. The zero-order valence-electron chi connectivity index (χ0n) is 21.4. The maximum atomic E-state index is 4.83. The van der Waals surface area contributed by atoms with Crippen molar-refractivity contribution in [2.75, 3.05) is 13.1 Å². The van der Waals surface area contributed by atoms with Crippen molar-refractivity contribution >= 4 is 32.7 Å². The molecule has 188 valence electrons. The van der Waals surface area contributed by atoms with Crippen molar-refractivity contribution < 1.29 is 0 Å². The van der Waals surface area contributed by atoms with E-state index >= 15 is 0 Å². The van der Waals surface area contributed by atoms with Gasteiger partial charge in [0, 0.05) is 17.3 Å². The number of rotatable bonds is 4. The molecule has 2 aromatic heterocycles. The zero-order chi connectivity index (χ0) is 25.1. The summed E-state index contributed by atoms with van der Waals surface area (Å²) >= 11 is 0. The number of nitrogens with zero attached hydrogens (tertiary/aromatic N) is 1. The van der Waals surface area contributed by atoms with E-state index in [-0.39, 0.29) is 0 Å². The number of nitrogens with one attached hydrogen (secondary N) is 4. The molecule has 0 bridgehead atoms. The summed E-state index contributed by atoms with van der Waals surface area (Å²) in [6, 6.07) is 30.0. The number of benzene rings is 4. The number of fused-ring (bicyclic) bond motifs is 3. The smallest absolute Gasteiger partial charge is 0.124 e. The van der Waals surface area contributed by atoms with E-state index in [4.69, 9.17) is 4.98 Å². The summed E-state index contributed by atoms with van der Waals surface area (Å²) in [5, 5.41) is 10.9. The molecular formula is C33H31N5. The van der Waals surface area contributed by atoms with Crippen molar-refractivity contribution in [3.8, 4) is 22.3 Å². The van der Waals surface area contributed by atoms with Crippen LogP contribution in [-0.2, 0) is 0 Å². The van der Waals surface area contributed by atoms with Crippen molar-refractivity contribution in [2.45, 2.75) is 37.8 Å². The summed E-state index contributed by atoms with van der Waals surface area (Å²) < 4.78 is 0. The van der Waals surface area contributed by atoms with Crippen molar-refractivity contribution in [3.05, 3.63) is 90.4 Å². The van der Waals surface area contributed by atoms with Crippen LogP contribution >= 0.6 is 0 Å². The number of hydrogen-bond donors (Lipinski definition) is 4. The first-order valence-corrected chi connectivity index (χ1v) is 13.9.